The van der Waals surface area contributed by atoms with E-state index in [4.69, 9.17) is 10.5 Å². The zero-order valence-corrected chi connectivity index (χ0v) is 11.7. The molecule has 0 bridgehead atoms. The van der Waals surface area contributed by atoms with E-state index in [0.29, 0.717) is 29.5 Å². The van der Waals surface area contributed by atoms with Gasteiger partial charge in [-0.1, -0.05) is 6.08 Å². The Balaban J connectivity index is 2.06. The molecule has 106 valence electrons. The molecule has 0 saturated carbocycles. The minimum Gasteiger partial charge on any atom is -0.439 e. The second-order valence-corrected chi connectivity index (χ2v) is 4.67. The molecule has 0 saturated heterocycles. The third-order valence-corrected chi connectivity index (χ3v) is 3.01. The number of nitrogens with zero attached hydrogens (tertiary/aromatic N) is 4. The molecule has 6 heteroatoms. The summed E-state index contributed by atoms with van der Waals surface area (Å²) in [6.45, 7) is 5.64. The number of nitrogen functional groups attached to an aromatic ring is 1. The fourth-order valence-electron chi connectivity index (χ4n) is 2.10. The van der Waals surface area contributed by atoms with Crippen molar-refractivity contribution >= 4 is 11.5 Å². The Morgan fingerprint density at radius 2 is 2.24 bits per heavy atom. The molecule has 0 radical (unpaired) electrons. The molecule has 0 fully saturated rings. The van der Waals surface area contributed by atoms with Crippen LogP contribution in [0.15, 0.2) is 43.2 Å². The number of anilines is 1. The van der Waals surface area contributed by atoms with Gasteiger partial charge in [-0.05, 0) is 31.5 Å². The molecular weight excluding hydrogens is 266 g/mol. The molecule has 0 spiro atoms. The maximum atomic E-state index is 5.99. The van der Waals surface area contributed by atoms with Gasteiger partial charge in [0.2, 0.25) is 5.88 Å². The average molecular weight is 281 g/mol. The predicted octanol–water partition coefficient (Wildman–Crippen LogP) is 2.54. The van der Waals surface area contributed by atoms with Crippen molar-refractivity contribution in [2.75, 3.05) is 5.73 Å². The van der Waals surface area contributed by atoms with Gasteiger partial charge < -0.3 is 10.5 Å². The van der Waals surface area contributed by atoms with Crippen LogP contribution in [0.3, 0.4) is 0 Å². The molecule has 0 unspecified atom stereocenters. The number of ether oxygens (including phenoxy) is 1. The van der Waals surface area contributed by atoms with E-state index in [1.807, 2.05) is 31.2 Å². The molecular formula is C15H15N5O. The molecule has 1 aromatic carbocycles. The maximum absolute atomic E-state index is 5.99. The maximum Gasteiger partial charge on any atom is 0.255 e. The summed E-state index contributed by atoms with van der Waals surface area (Å²) in [7, 11) is 0. The van der Waals surface area contributed by atoms with Crippen LogP contribution in [0.25, 0.3) is 5.78 Å². The molecule has 2 N–H and O–H groups in total. The highest BCUT2D eigenvalue weighted by Crippen LogP contribution is 2.28. The molecule has 0 aliphatic carbocycles. The van der Waals surface area contributed by atoms with E-state index >= 15 is 0 Å². The normalized spacial score (nSPS) is 10.7. The zero-order chi connectivity index (χ0) is 14.8. The predicted molar refractivity (Wildman–Crippen MR) is 80.3 cm³/mol. The Hall–Kier alpha value is -2.89. The van der Waals surface area contributed by atoms with Crippen LogP contribution < -0.4 is 10.5 Å². The standard InChI is InChI=1S/C15H15N5O/c1-3-4-11-8-12(16)5-6-13(11)21-14-7-10(2)19-15-17-9-18-20(14)15/h3,5-9H,1,4,16H2,2H3. The van der Waals surface area contributed by atoms with Crippen molar-refractivity contribution in [3.05, 3.63) is 54.5 Å². The third kappa shape index (κ3) is 2.55. The molecule has 0 aliphatic rings. The SMILES string of the molecule is C=CCc1cc(N)ccc1Oc1cc(C)nc2ncnn12. The number of aryl methyl sites for hydroxylation is 1. The quantitative estimate of drug-likeness (QED) is 0.587. The lowest BCUT2D eigenvalue weighted by Gasteiger charge is -2.12. The van der Waals surface area contributed by atoms with Gasteiger partial charge in [0.15, 0.2) is 0 Å². The number of aromatic nitrogens is 4. The summed E-state index contributed by atoms with van der Waals surface area (Å²) in [5, 5.41) is 4.12. The number of nitrogens with two attached hydrogens (primary N) is 1. The number of allylic oxidation sites excluding steroid dienone is 1. The first-order valence-electron chi connectivity index (χ1n) is 6.52. The first kappa shape index (κ1) is 13.1. The van der Waals surface area contributed by atoms with Crippen molar-refractivity contribution in [3.63, 3.8) is 0 Å². The Labute approximate surface area is 121 Å². The monoisotopic (exact) mass is 281 g/mol. The Morgan fingerprint density at radius 1 is 1.38 bits per heavy atom. The smallest absolute Gasteiger partial charge is 0.255 e. The van der Waals surface area contributed by atoms with Gasteiger partial charge in [0.05, 0.1) is 0 Å². The highest BCUT2D eigenvalue weighted by molar-refractivity contribution is 5.49. The molecule has 6 nitrogen and oxygen atoms in total. The molecule has 21 heavy (non-hydrogen) atoms. The molecule has 0 amide bonds. The second-order valence-electron chi connectivity index (χ2n) is 4.67. The van der Waals surface area contributed by atoms with Gasteiger partial charge in [0.25, 0.3) is 5.78 Å². The van der Waals surface area contributed by atoms with Gasteiger partial charge in [-0.3, -0.25) is 0 Å². The zero-order valence-electron chi connectivity index (χ0n) is 11.7. The van der Waals surface area contributed by atoms with Crippen molar-refractivity contribution in [2.45, 2.75) is 13.3 Å². The summed E-state index contributed by atoms with van der Waals surface area (Å²) in [5.41, 5.74) is 8.29. The van der Waals surface area contributed by atoms with Gasteiger partial charge >= 0.3 is 0 Å². The minimum atomic E-state index is 0.505. The van der Waals surface area contributed by atoms with E-state index < -0.39 is 0 Å². The van der Waals surface area contributed by atoms with Crippen LogP contribution in [-0.4, -0.2) is 19.6 Å². The number of rotatable bonds is 4. The van der Waals surface area contributed by atoms with Crippen molar-refractivity contribution < 1.29 is 4.74 Å². The van der Waals surface area contributed by atoms with Crippen LogP contribution in [0, 0.1) is 6.92 Å². The Kier molecular flexibility index (Phi) is 3.27. The number of hydrogen-bond acceptors (Lipinski definition) is 5. The third-order valence-electron chi connectivity index (χ3n) is 3.01. The highest BCUT2D eigenvalue weighted by atomic mass is 16.5. The Morgan fingerprint density at radius 3 is 3.05 bits per heavy atom. The summed E-state index contributed by atoms with van der Waals surface area (Å²) in [6, 6.07) is 7.33. The number of benzene rings is 1. The molecule has 2 heterocycles. The largest absolute Gasteiger partial charge is 0.439 e. The summed E-state index contributed by atoms with van der Waals surface area (Å²) < 4.78 is 7.54. The van der Waals surface area contributed by atoms with E-state index in [9.17, 15) is 0 Å². The van der Waals surface area contributed by atoms with Gasteiger partial charge in [0, 0.05) is 23.0 Å². The van der Waals surface area contributed by atoms with Crippen molar-refractivity contribution in [1.82, 2.24) is 19.6 Å². The summed E-state index contributed by atoms with van der Waals surface area (Å²) in [5.74, 6) is 1.78. The lowest BCUT2D eigenvalue weighted by atomic mass is 10.1. The minimum absolute atomic E-state index is 0.505. The number of fused-ring (bicyclic) bond motifs is 1. The summed E-state index contributed by atoms with van der Waals surface area (Å²) in [6.07, 6.45) is 3.93. The van der Waals surface area contributed by atoms with E-state index in [1.54, 1.807) is 10.6 Å². The van der Waals surface area contributed by atoms with Gasteiger partial charge in [-0.15, -0.1) is 6.58 Å². The topological polar surface area (TPSA) is 78.3 Å². The molecule has 3 aromatic rings. The molecule has 2 aromatic heterocycles. The van der Waals surface area contributed by atoms with E-state index in [1.165, 1.54) is 6.33 Å². The fourth-order valence-corrected chi connectivity index (χ4v) is 2.10. The van der Waals surface area contributed by atoms with Crippen LogP contribution >= 0.6 is 0 Å². The molecule has 0 atom stereocenters. The van der Waals surface area contributed by atoms with Crippen molar-refractivity contribution in [1.29, 1.82) is 0 Å². The van der Waals surface area contributed by atoms with Gasteiger partial charge in [-0.25, -0.2) is 4.98 Å². The fraction of sp³-hybridized carbons (Fsp3) is 0.133. The highest BCUT2D eigenvalue weighted by Gasteiger charge is 2.10. The average Bonchev–Trinajstić information content (AvgIpc) is 2.90. The van der Waals surface area contributed by atoms with Crippen LogP contribution in [0.2, 0.25) is 0 Å². The second kappa shape index (κ2) is 5.24. The van der Waals surface area contributed by atoms with Crippen molar-refractivity contribution in [2.24, 2.45) is 0 Å². The van der Waals surface area contributed by atoms with Gasteiger partial charge in [-0.2, -0.15) is 14.6 Å². The molecule has 3 rings (SSSR count). The van der Waals surface area contributed by atoms with E-state index in [-0.39, 0.29) is 0 Å². The molecule has 0 aliphatic heterocycles. The van der Waals surface area contributed by atoms with E-state index in [2.05, 4.69) is 21.6 Å². The lowest BCUT2D eigenvalue weighted by molar-refractivity contribution is 0.441. The van der Waals surface area contributed by atoms with Crippen LogP contribution in [0.4, 0.5) is 5.69 Å². The first-order chi connectivity index (χ1) is 10.2. The summed E-state index contributed by atoms with van der Waals surface area (Å²) in [4.78, 5) is 8.36. The Bertz CT molecular complexity index is 809. The first-order valence-corrected chi connectivity index (χ1v) is 6.52. The van der Waals surface area contributed by atoms with Gasteiger partial charge in [0.1, 0.15) is 12.1 Å². The van der Waals surface area contributed by atoms with Crippen LogP contribution in [0.5, 0.6) is 11.6 Å². The number of hydrogen-bond donors (Lipinski definition) is 1. The van der Waals surface area contributed by atoms with E-state index in [0.717, 1.165) is 11.3 Å². The summed E-state index contributed by atoms with van der Waals surface area (Å²) >= 11 is 0. The van der Waals surface area contributed by atoms with Crippen LogP contribution in [0.1, 0.15) is 11.3 Å². The lowest BCUT2D eigenvalue weighted by Crippen LogP contribution is -2.01. The van der Waals surface area contributed by atoms with Crippen molar-refractivity contribution in [3.8, 4) is 11.6 Å². The van der Waals surface area contributed by atoms with Crippen LogP contribution in [-0.2, 0) is 6.42 Å².